The quantitative estimate of drug-likeness (QED) is 0.115. The van der Waals surface area contributed by atoms with E-state index in [4.69, 9.17) is 4.74 Å². The van der Waals surface area contributed by atoms with Crippen molar-refractivity contribution in [2.45, 2.75) is 123 Å². The molecular weight excluding hydrogens is 408 g/mol. The van der Waals surface area contributed by atoms with Crippen molar-refractivity contribution in [1.29, 1.82) is 0 Å². The Balaban J connectivity index is 1.81. The van der Waals surface area contributed by atoms with Gasteiger partial charge < -0.3 is 4.74 Å². The molecule has 0 heterocycles. The minimum atomic E-state index is -0.114. The number of carbonyl (C=O) groups excluding carboxylic acids is 2. The third-order valence-corrected chi connectivity index (χ3v) is 7.16. The van der Waals surface area contributed by atoms with E-state index in [2.05, 4.69) is 38.1 Å². The second-order valence-electron chi connectivity index (χ2n) is 9.72. The standard InChI is InChI=1S/C30H46O3/c1-4-7-8-9-10-11-12-13-17-30(32)33-28-20-21-29(25(5-2)23-28)26-16-14-15-24(22-26)18-19-27(31)6-3/h4,7,20-21,23-24,26H,5-6,8-19,22H2,1-3H3. The van der Waals surface area contributed by atoms with Gasteiger partial charge in [0.25, 0.3) is 0 Å². The topological polar surface area (TPSA) is 43.4 Å². The molecule has 2 rings (SSSR count). The van der Waals surface area contributed by atoms with Gasteiger partial charge in [0.1, 0.15) is 11.5 Å². The summed E-state index contributed by atoms with van der Waals surface area (Å²) in [4.78, 5) is 24.0. The Kier molecular flexibility index (Phi) is 13.1. The first-order chi connectivity index (χ1) is 16.1. The molecule has 2 atom stereocenters. The molecule has 1 aliphatic carbocycles. The zero-order valence-corrected chi connectivity index (χ0v) is 21.4. The summed E-state index contributed by atoms with van der Waals surface area (Å²) in [5.41, 5.74) is 2.72. The average Bonchev–Trinajstić information content (AvgIpc) is 2.84. The van der Waals surface area contributed by atoms with Crippen LogP contribution in [0.2, 0.25) is 0 Å². The van der Waals surface area contributed by atoms with Crippen LogP contribution in [0.3, 0.4) is 0 Å². The van der Waals surface area contributed by atoms with E-state index < -0.39 is 0 Å². The Morgan fingerprint density at radius 3 is 2.58 bits per heavy atom. The van der Waals surface area contributed by atoms with Crippen molar-refractivity contribution in [2.75, 3.05) is 0 Å². The molecular formula is C30H46O3. The van der Waals surface area contributed by atoms with Crippen molar-refractivity contribution in [1.82, 2.24) is 0 Å². The Bertz CT molecular complexity index is 749. The van der Waals surface area contributed by atoms with Crippen molar-refractivity contribution >= 4 is 11.8 Å². The lowest BCUT2D eigenvalue weighted by Crippen LogP contribution is -2.16. The monoisotopic (exact) mass is 454 g/mol. The van der Waals surface area contributed by atoms with Gasteiger partial charge in [0.05, 0.1) is 0 Å². The fourth-order valence-corrected chi connectivity index (χ4v) is 5.14. The molecule has 0 amide bonds. The first-order valence-electron chi connectivity index (χ1n) is 13.5. The van der Waals surface area contributed by atoms with E-state index >= 15 is 0 Å². The zero-order chi connectivity index (χ0) is 23.9. The number of unbranched alkanes of at least 4 members (excludes halogenated alkanes) is 5. The number of ketones is 1. The number of carbonyl (C=O) groups is 2. The Labute approximate surface area is 202 Å². The Morgan fingerprint density at radius 2 is 1.82 bits per heavy atom. The van der Waals surface area contributed by atoms with Gasteiger partial charge in [-0.15, -0.1) is 0 Å². The number of rotatable bonds is 15. The number of hydrogen-bond acceptors (Lipinski definition) is 3. The predicted octanol–water partition coefficient (Wildman–Crippen LogP) is 8.49. The lowest BCUT2D eigenvalue weighted by atomic mass is 9.75. The van der Waals surface area contributed by atoms with Gasteiger partial charge in [0, 0.05) is 19.3 Å². The highest BCUT2D eigenvalue weighted by atomic mass is 16.5. The second-order valence-corrected chi connectivity index (χ2v) is 9.72. The SMILES string of the molecule is CC=CCCCCCCCC(=O)Oc1ccc(C2CCCC(CCC(=O)CC)C2)c(CC)c1. The van der Waals surface area contributed by atoms with Crippen LogP contribution in [0, 0.1) is 5.92 Å². The minimum absolute atomic E-state index is 0.114. The molecule has 0 saturated heterocycles. The molecule has 0 spiro atoms. The molecule has 1 saturated carbocycles. The van der Waals surface area contributed by atoms with Crippen LogP contribution < -0.4 is 4.74 Å². The summed E-state index contributed by atoms with van der Waals surface area (Å²) >= 11 is 0. The second kappa shape index (κ2) is 15.9. The van der Waals surface area contributed by atoms with Crippen molar-refractivity contribution < 1.29 is 14.3 Å². The molecule has 0 aromatic heterocycles. The van der Waals surface area contributed by atoms with Gasteiger partial charge in [-0.1, -0.05) is 64.2 Å². The van der Waals surface area contributed by atoms with E-state index in [0.717, 1.165) is 38.5 Å². The van der Waals surface area contributed by atoms with Gasteiger partial charge in [-0.05, 0) is 87.0 Å². The molecule has 1 aromatic rings. The van der Waals surface area contributed by atoms with E-state index in [-0.39, 0.29) is 5.97 Å². The van der Waals surface area contributed by atoms with E-state index in [0.29, 0.717) is 36.2 Å². The Hall–Kier alpha value is -1.90. The fourth-order valence-electron chi connectivity index (χ4n) is 5.14. The zero-order valence-electron chi connectivity index (χ0n) is 21.4. The van der Waals surface area contributed by atoms with Crippen LogP contribution in [-0.4, -0.2) is 11.8 Å². The number of Topliss-reactive ketones (excluding diaryl/α,β-unsaturated/α-hetero) is 1. The third-order valence-electron chi connectivity index (χ3n) is 7.16. The number of aryl methyl sites for hydroxylation is 1. The molecule has 0 radical (unpaired) electrons. The molecule has 2 unspecified atom stereocenters. The van der Waals surface area contributed by atoms with Crippen LogP contribution in [0.4, 0.5) is 0 Å². The predicted molar refractivity (Wildman–Crippen MR) is 138 cm³/mol. The number of hydrogen-bond donors (Lipinski definition) is 0. The normalized spacial score (nSPS) is 18.5. The van der Waals surface area contributed by atoms with Crippen molar-refractivity contribution in [3.05, 3.63) is 41.5 Å². The number of esters is 1. The van der Waals surface area contributed by atoms with E-state index in [1.54, 1.807) is 0 Å². The maximum atomic E-state index is 12.3. The molecule has 3 nitrogen and oxygen atoms in total. The smallest absolute Gasteiger partial charge is 0.311 e. The first-order valence-corrected chi connectivity index (χ1v) is 13.5. The van der Waals surface area contributed by atoms with Gasteiger partial charge in [0.15, 0.2) is 0 Å². The van der Waals surface area contributed by atoms with Gasteiger partial charge in [-0.25, -0.2) is 0 Å². The molecule has 0 N–H and O–H groups in total. The van der Waals surface area contributed by atoms with E-state index in [1.807, 2.05) is 13.0 Å². The van der Waals surface area contributed by atoms with Gasteiger partial charge >= 0.3 is 5.97 Å². The molecule has 1 aliphatic rings. The summed E-state index contributed by atoms with van der Waals surface area (Å²) in [6, 6.07) is 6.26. The highest BCUT2D eigenvalue weighted by Gasteiger charge is 2.25. The van der Waals surface area contributed by atoms with Gasteiger partial charge in [-0.3, -0.25) is 9.59 Å². The highest BCUT2D eigenvalue weighted by Crippen LogP contribution is 2.40. The largest absolute Gasteiger partial charge is 0.427 e. The van der Waals surface area contributed by atoms with Gasteiger partial charge in [-0.2, -0.15) is 0 Å². The fraction of sp³-hybridized carbons (Fsp3) is 0.667. The molecule has 1 fully saturated rings. The highest BCUT2D eigenvalue weighted by molar-refractivity contribution is 5.77. The summed E-state index contributed by atoms with van der Waals surface area (Å²) in [5.74, 6) is 2.18. The summed E-state index contributed by atoms with van der Waals surface area (Å²) < 4.78 is 5.67. The van der Waals surface area contributed by atoms with Crippen LogP contribution in [0.25, 0.3) is 0 Å². The maximum absolute atomic E-state index is 12.3. The van der Waals surface area contributed by atoms with Crippen LogP contribution in [0.1, 0.15) is 128 Å². The van der Waals surface area contributed by atoms with Crippen LogP contribution >= 0.6 is 0 Å². The van der Waals surface area contributed by atoms with E-state index in [9.17, 15) is 9.59 Å². The first kappa shape index (κ1) is 27.3. The number of benzene rings is 1. The lowest BCUT2D eigenvalue weighted by Gasteiger charge is -2.30. The summed E-state index contributed by atoms with van der Waals surface area (Å²) in [6.07, 6.45) is 19.9. The summed E-state index contributed by atoms with van der Waals surface area (Å²) in [5, 5.41) is 0. The molecule has 0 aliphatic heterocycles. The molecule has 3 heteroatoms. The molecule has 1 aromatic carbocycles. The number of allylic oxidation sites excluding steroid dienone is 2. The molecule has 184 valence electrons. The van der Waals surface area contributed by atoms with Crippen molar-refractivity contribution in [3.63, 3.8) is 0 Å². The van der Waals surface area contributed by atoms with Crippen LogP contribution in [0.15, 0.2) is 30.4 Å². The van der Waals surface area contributed by atoms with Crippen LogP contribution in [-0.2, 0) is 16.0 Å². The lowest BCUT2D eigenvalue weighted by molar-refractivity contribution is -0.134. The van der Waals surface area contributed by atoms with Crippen molar-refractivity contribution in [3.8, 4) is 5.75 Å². The van der Waals surface area contributed by atoms with E-state index in [1.165, 1.54) is 56.1 Å². The average molecular weight is 455 g/mol. The molecule has 33 heavy (non-hydrogen) atoms. The summed E-state index contributed by atoms with van der Waals surface area (Å²) in [6.45, 7) is 6.20. The minimum Gasteiger partial charge on any atom is -0.427 e. The number of ether oxygens (including phenoxy) is 1. The Morgan fingerprint density at radius 1 is 1.03 bits per heavy atom. The summed E-state index contributed by atoms with van der Waals surface area (Å²) in [7, 11) is 0. The van der Waals surface area contributed by atoms with Gasteiger partial charge in [0.2, 0.25) is 0 Å². The third kappa shape index (κ3) is 10.3. The molecule has 0 bridgehead atoms. The van der Waals surface area contributed by atoms with Crippen molar-refractivity contribution in [2.24, 2.45) is 5.92 Å². The maximum Gasteiger partial charge on any atom is 0.311 e. The van der Waals surface area contributed by atoms with Crippen LogP contribution in [0.5, 0.6) is 5.75 Å².